The van der Waals surface area contributed by atoms with E-state index in [4.69, 9.17) is 5.11 Å². The Morgan fingerprint density at radius 1 is 1.58 bits per heavy atom. The first-order valence-corrected chi connectivity index (χ1v) is 5.39. The van der Waals surface area contributed by atoms with Gasteiger partial charge in [0.15, 0.2) is 0 Å². The number of carbonyl (C=O) groups is 1. The summed E-state index contributed by atoms with van der Waals surface area (Å²) < 4.78 is 0. The molecule has 1 amide bonds. The van der Waals surface area contributed by atoms with E-state index in [1.807, 2.05) is 0 Å². The fraction of sp³-hybridized carbons (Fsp3) is 0.875. The summed E-state index contributed by atoms with van der Waals surface area (Å²) in [6, 6.07) is 0. The number of aliphatic hydroxyl groups is 1. The zero-order chi connectivity index (χ0) is 8.81. The van der Waals surface area contributed by atoms with Crippen molar-refractivity contribution in [1.82, 2.24) is 5.32 Å². The third-order valence-electron chi connectivity index (χ3n) is 1.88. The van der Waals surface area contributed by atoms with E-state index in [1.54, 1.807) is 11.8 Å². The number of hydrogen-bond acceptors (Lipinski definition) is 3. The smallest absolute Gasteiger partial charge is 0.233 e. The summed E-state index contributed by atoms with van der Waals surface area (Å²) in [6.07, 6.45) is 3.38. The van der Waals surface area contributed by atoms with Crippen LogP contribution in [-0.4, -0.2) is 35.2 Å². The van der Waals surface area contributed by atoms with Crippen LogP contribution in [0.1, 0.15) is 19.3 Å². The molecular formula is C8H15NO2S. The molecule has 4 heteroatoms. The minimum Gasteiger partial charge on any atom is -0.395 e. The minimum absolute atomic E-state index is 0.0309. The summed E-state index contributed by atoms with van der Waals surface area (Å²) in [5, 5.41) is 11.3. The average molecular weight is 189 g/mol. The highest BCUT2D eigenvalue weighted by Gasteiger charge is 2.20. The summed E-state index contributed by atoms with van der Waals surface area (Å²) in [7, 11) is 0. The SMILES string of the molecule is O=C(NCCO)C1CCCCS1. The lowest BCUT2D eigenvalue weighted by Gasteiger charge is -2.19. The average Bonchev–Trinajstić information content (AvgIpc) is 2.15. The lowest BCUT2D eigenvalue weighted by Crippen LogP contribution is -2.35. The molecule has 70 valence electrons. The fourth-order valence-electron chi connectivity index (χ4n) is 1.24. The molecule has 0 radical (unpaired) electrons. The maximum Gasteiger partial charge on any atom is 0.233 e. The van der Waals surface area contributed by atoms with Crippen LogP contribution in [0.2, 0.25) is 0 Å². The standard InChI is InChI=1S/C8H15NO2S/c10-5-4-9-8(11)7-3-1-2-6-12-7/h7,10H,1-6H2,(H,9,11). The van der Waals surface area contributed by atoms with Crippen LogP contribution in [0.15, 0.2) is 0 Å². The topological polar surface area (TPSA) is 49.3 Å². The number of hydrogen-bond donors (Lipinski definition) is 2. The van der Waals surface area contributed by atoms with E-state index in [0.717, 1.165) is 18.6 Å². The number of thioether (sulfide) groups is 1. The Morgan fingerprint density at radius 3 is 3.00 bits per heavy atom. The van der Waals surface area contributed by atoms with Gasteiger partial charge in [-0.2, -0.15) is 0 Å². The zero-order valence-electron chi connectivity index (χ0n) is 7.08. The highest BCUT2D eigenvalue weighted by atomic mass is 32.2. The first-order chi connectivity index (χ1) is 5.84. The van der Waals surface area contributed by atoms with Crippen molar-refractivity contribution in [2.24, 2.45) is 0 Å². The lowest BCUT2D eigenvalue weighted by atomic mass is 10.2. The molecule has 0 aromatic carbocycles. The number of nitrogens with one attached hydrogen (secondary N) is 1. The summed E-state index contributed by atoms with van der Waals surface area (Å²) >= 11 is 1.73. The Hall–Kier alpha value is -0.220. The number of aliphatic hydroxyl groups excluding tert-OH is 1. The Morgan fingerprint density at radius 2 is 2.42 bits per heavy atom. The third kappa shape index (κ3) is 3.03. The van der Waals surface area contributed by atoms with E-state index >= 15 is 0 Å². The minimum atomic E-state index is 0.0309. The van der Waals surface area contributed by atoms with Crippen LogP contribution in [0.3, 0.4) is 0 Å². The van der Waals surface area contributed by atoms with Gasteiger partial charge in [-0.3, -0.25) is 4.79 Å². The molecule has 0 bridgehead atoms. The van der Waals surface area contributed by atoms with Gasteiger partial charge < -0.3 is 10.4 Å². The number of rotatable bonds is 3. The maximum atomic E-state index is 11.3. The normalized spacial score (nSPS) is 23.6. The molecular weight excluding hydrogens is 174 g/mol. The Bertz CT molecular complexity index is 146. The van der Waals surface area contributed by atoms with Gasteiger partial charge in [0.1, 0.15) is 0 Å². The monoisotopic (exact) mass is 189 g/mol. The van der Waals surface area contributed by atoms with Gasteiger partial charge in [0, 0.05) is 6.54 Å². The van der Waals surface area contributed by atoms with E-state index in [2.05, 4.69) is 5.32 Å². The Labute approximate surface area is 76.9 Å². The van der Waals surface area contributed by atoms with Gasteiger partial charge in [0.05, 0.1) is 11.9 Å². The van der Waals surface area contributed by atoms with Crippen LogP contribution in [-0.2, 0) is 4.79 Å². The Kier molecular flexibility index (Phi) is 4.46. The lowest BCUT2D eigenvalue weighted by molar-refractivity contribution is -0.120. The van der Waals surface area contributed by atoms with Gasteiger partial charge in [0.2, 0.25) is 5.91 Å². The first-order valence-electron chi connectivity index (χ1n) is 4.35. The van der Waals surface area contributed by atoms with Crippen molar-refractivity contribution in [2.45, 2.75) is 24.5 Å². The quantitative estimate of drug-likeness (QED) is 0.675. The fourth-order valence-corrected chi connectivity index (χ4v) is 2.46. The van der Waals surface area contributed by atoms with Gasteiger partial charge in [-0.25, -0.2) is 0 Å². The predicted molar refractivity (Wildman–Crippen MR) is 50.2 cm³/mol. The summed E-state index contributed by atoms with van der Waals surface area (Å²) in [5.74, 6) is 1.19. The van der Waals surface area contributed by atoms with E-state index in [0.29, 0.717) is 6.54 Å². The van der Waals surface area contributed by atoms with Crippen LogP contribution >= 0.6 is 11.8 Å². The summed E-state index contributed by atoms with van der Waals surface area (Å²) in [6.45, 7) is 0.416. The van der Waals surface area contributed by atoms with E-state index < -0.39 is 0 Å². The highest BCUT2D eigenvalue weighted by Crippen LogP contribution is 2.24. The molecule has 0 aliphatic carbocycles. The molecule has 1 atom stereocenters. The molecule has 2 N–H and O–H groups in total. The van der Waals surface area contributed by atoms with Crippen molar-refractivity contribution in [3.05, 3.63) is 0 Å². The molecule has 0 aromatic rings. The molecule has 1 saturated heterocycles. The molecule has 1 fully saturated rings. The van der Waals surface area contributed by atoms with E-state index in [-0.39, 0.29) is 17.8 Å². The molecule has 0 spiro atoms. The van der Waals surface area contributed by atoms with Crippen molar-refractivity contribution in [3.63, 3.8) is 0 Å². The predicted octanol–water partition coefficient (Wildman–Crippen LogP) is 0.381. The van der Waals surface area contributed by atoms with Crippen LogP contribution in [0.5, 0.6) is 0 Å². The van der Waals surface area contributed by atoms with Gasteiger partial charge in [0.25, 0.3) is 0 Å². The molecule has 1 unspecified atom stereocenters. The molecule has 1 heterocycles. The van der Waals surface area contributed by atoms with Crippen molar-refractivity contribution < 1.29 is 9.90 Å². The molecule has 1 aliphatic heterocycles. The molecule has 1 rings (SSSR count). The summed E-state index contributed by atoms with van der Waals surface area (Å²) in [5.41, 5.74) is 0. The highest BCUT2D eigenvalue weighted by molar-refractivity contribution is 8.00. The zero-order valence-corrected chi connectivity index (χ0v) is 7.90. The first kappa shape index (κ1) is 9.86. The van der Waals surface area contributed by atoms with Gasteiger partial charge in [-0.05, 0) is 18.6 Å². The number of amides is 1. The molecule has 0 aromatic heterocycles. The van der Waals surface area contributed by atoms with Crippen molar-refractivity contribution >= 4 is 17.7 Å². The second-order valence-corrected chi connectivity index (χ2v) is 4.18. The number of carbonyl (C=O) groups excluding carboxylic acids is 1. The second-order valence-electron chi connectivity index (χ2n) is 2.87. The van der Waals surface area contributed by atoms with E-state index in [9.17, 15) is 4.79 Å². The third-order valence-corrected chi connectivity index (χ3v) is 3.26. The van der Waals surface area contributed by atoms with Gasteiger partial charge >= 0.3 is 0 Å². The summed E-state index contributed by atoms with van der Waals surface area (Å²) in [4.78, 5) is 11.3. The van der Waals surface area contributed by atoms with Crippen molar-refractivity contribution in [2.75, 3.05) is 18.9 Å². The van der Waals surface area contributed by atoms with Crippen molar-refractivity contribution in [3.8, 4) is 0 Å². The van der Waals surface area contributed by atoms with E-state index in [1.165, 1.54) is 6.42 Å². The van der Waals surface area contributed by atoms with Crippen LogP contribution in [0, 0.1) is 0 Å². The largest absolute Gasteiger partial charge is 0.395 e. The Balaban J connectivity index is 2.20. The second kappa shape index (κ2) is 5.43. The maximum absolute atomic E-state index is 11.3. The molecule has 12 heavy (non-hydrogen) atoms. The van der Waals surface area contributed by atoms with Crippen LogP contribution < -0.4 is 5.32 Å². The van der Waals surface area contributed by atoms with Crippen LogP contribution in [0.25, 0.3) is 0 Å². The van der Waals surface area contributed by atoms with Gasteiger partial charge in [-0.1, -0.05) is 6.42 Å². The molecule has 3 nitrogen and oxygen atoms in total. The molecule has 1 aliphatic rings. The van der Waals surface area contributed by atoms with Gasteiger partial charge in [-0.15, -0.1) is 11.8 Å². The van der Waals surface area contributed by atoms with Crippen LogP contribution in [0.4, 0.5) is 0 Å². The molecule has 0 saturated carbocycles. The van der Waals surface area contributed by atoms with Crippen molar-refractivity contribution in [1.29, 1.82) is 0 Å².